The van der Waals surface area contributed by atoms with E-state index in [-0.39, 0.29) is 11.8 Å². The monoisotopic (exact) mass is 382 g/mol. The molecule has 2 aromatic carbocycles. The molecule has 0 atom stereocenters. The molecular weight excluding hydrogens is 364 g/mol. The van der Waals surface area contributed by atoms with Gasteiger partial charge in [-0.1, -0.05) is 35.9 Å². The second kappa shape index (κ2) is 9.05. The summed E-state index contributed by atoms with van der Waals surface area (Å²) in [5.41, 5.74) is 1.97. The van der Waals surface area contributed by atoms with E-state index in [4.69, 9.17) is 16.0 Å². The highest BCUT2D eigenvalue weighted by atomic mass is 35.5. The molecule has 0 spiro atoms. The molecule has 3 rings (SSSR count). The summed E-state index contributed by atoms with van der Waals surface area (Å²) in [5.74, 6) is 0.300. The van der Waals surface area contributed by atoms with Crippen molar-refractivity contribution < 1.29 is 14.0 Å². The van der Waals surface area contributed by atoms with E-state index in [1.165, 1.54) is 0 Å². The summed E-state index contributed by atoms with van der Waals surface area (Å²) < 4.78 is 5.19. The highest BCUT2D eigenvalue weighted by molar-refractivity contribution is 6.31. The van der Waals surface area contributed by atoms with Crippen molar-refractivity contribution in [2.24, 2.45) is 0 Å². The number of hydrogen-bond donors (Lipinski definition) is 2. The normalized spacial score (nSPS) is 10.4. The fraction of sp³-hybridized carbons (Fsp3) is 0.143. The van der Waals surface area contributed by atoms with E-state index >= 15 is 0 Å². The minimum absolute atomic E-state index is 0.136. The first kappa shape index (κ1) is 18.7. The molecule has 0 radical (unpaired) electrons. The second-order valence-electron chi connectivity index (χ2n) is 5.98. The summed E-state index contributed by atoms with van der Waals surface area (Å²) in [5, 5.41) is 6.24. The first-order chi connectivity index (χ1) is 13.1. The Kier molecular flexibility index (Phi) is 6.28. The minimum atomic E-state index is -0.237. The van der Waals surface area contributed by atoms with Crippen LogP contribution in [0.2, 0.25) is 5.02 Å². The Morgan fingerprint density at radius 2 is 1.85 bits per heavy atom. The van der Waals surface area contributed by atoms with Crippen LogP contribution in [0.1, 0.15) is 28.1 Å². The number of nitrogens with one attached hydrogen (secondary N) is 2. The van der Waals surface area contributed by atoms with Crippen LogP contribution < -0.4 is 10.6 Å². The number of halogens is 1. The van der Waals surface area contributed by atoms with Crippen LogP contribution in [-0.2, 0) is 17.8 Å². The molecule has 138 valence electrons. The van der Waals surface area contributed by atoms with Crippen molar-refractivity contribution in [1.82, 2.24) is 5.32 Å². The van der Waals surface area contributed by atoms with Gasteiger partial charge in [0.25, 0.3) is 5.91 Å². The molecule has 1 aromatic heterocycles. The molecular formula is C21H19ClN2O3. The predicted molar refractivity (Wildman–Crippen MR) is 105 cm³/mol. The summed E-state index contributed by atoms with van der Waals surface area (Å²) >= 11 is 6.11. The Morgan fingerprint density at radius 3 is 2.63 bits per heavy atom. The molecule has 0 saturated heterocycles. The zero-order valence-electron chi connectivity index (χ0n) is 14.6. The molecule has 2 N–H and O–H groups in total. The van der Waals surface area contributed by atoms with Gasteiger partial charge in [-0.3, -0.25) is 9.59 Å². The van der Waals surface area contributed by atoms with Gasteiger partial charge in [0.1, 0.15) is 5.76 Å². The van der Waals surface area contributed by atoms with Crippen LogP contribution in [-0.4, -0.2) is 11.8 Å². The molecule has 0 aliphatic heterocycles. The van der Waals surface area contributed by atoms with E-state index in [2.05, 4.69) is 10.6 Å². The van der Waals surface area contributed by atoms with Gasteiger partial charge < -0.3 is 15.1 Å². The number of amides is 2. The zero-order chi connectivity index (χ0) is 19.1. The predicted octanol–water partition coefficient (Wildman–Crippen LogP) is 4.43. The lowest BCUT2D eigenvalue weighted by molar-refractivity contribution is -0.116. The van der Waals surface area contributed by atoms with E-state index in [1.807, 2.05) is 18.2 Å². The summed E-state index contributed by atoms with van der Waals surface area (Å²) in [7, 11) is 0. The molecule has 0 unspecified atom stereocenters. The fourth-order valence-electron chi connectivity index (χ4n) is 2.59. The van der Waals surface area contributed by atoms with E-state index in [0.717, 1.165) is 5.56 Å². The Labute approximate surface area is 162 Å². The number of carbonyl (C=O) groups excluding carboxylic acids is 2. The Morgan fingerprint density at radius 1 is 1.00 bits per heavy atom. The maximum absolute atomic E-state index is 12.2. The van der Waals surface area contributed by atoms with Crippen molar-refractivity contribution in [1.29, 1.82) is 0 Å². The zero-order valence-corrected chi connectivity index (χ0v) is 15.3. The molecule has 0 aliphatic rings. The van der Waals surface area contributed by atoms with E-state index in [0.29, 0.717) is 41.4 Å². The van der Waals surface area contributed by atoms with Crippen molar-refractivity contribution >= 4 is 29.1 Å². The summed E-state index contributed by atoms with van der Waals surface area (Å²) in [6.07, 6.45) is 2.41. The molecule has 1 heterocycles. The average Bonchev–Trinajstić information content (AvgIpc) is 3.19. The third-order valence-corrected chi connectivity index (χ3v) is 4.36. The van der Waals surface area contributed by atoms with Gasteiger partial charge in [-0.15, -0.1) is 0 Å². The number of anilines is 1. The van der Waals surface area contributed by atoms with Gasteiger partial charge >= 0.3 is 0 Å². The van der Waals surface area contributed by atoms with Crippen LogP contribution in [0.3, 0.4) is 0 Å². The molecule has 0 fully saturated rings. The Bertz CT molecular complexity index is 923. The summed E-state index contributed by atoms with van der Waals surface area (Å²) in [4.78, 5) is 24.4. The van der Waals surface area contributed by atoms with E-state index in [1.54, 1.807) is 48.7 Å². The highest BCUT2D eigenvalue weighted by Gasteiger charge is 2.09. The molecule has 0 bridgehead atoms. The molecule has 2 amide bonds. The van der Waals surface area contributed by atoms with Crippen molar-refractivity contribution in [3.05, 3.63) is 88.8 Å². The van der Waals surface area contributed by atoms with Crippen LogP contribution in [0.4, 0.5) is 5.69 Å². The van der Waals surface area contributed by atoms with Crippen LogP contribution in [0.5, 0.6) is 0 Å². The Hall–Kier alpha value is -3.05. The van der Waals surface area contributed by atoms with Gasteiger partial charge in [0.05, 0.1) is 12.8 Å². The second-order valence-corrected chi connectivity index (χ2v) is 6.39. The quantitative estimate of drug-likeness (QED) is 0.634. The van der Waals surface area contributed by atoms with Gasteiger partial charge in [0, 0.05) is 22.7 Å². The van der Waals surface area contributed by atoms with Crippen LogP contribution in [0.25, 0.3) is 0 Å². The van der Waals surface area contributed by atoms with Gasteiger partial charge in [-0.2, -0.15) is 0 Å². The average molecular weight is 383 g/mol. The fourth-order valence-corrected chi connectivity index (χ4v) is 2.82. The van der Waals surface area contributed by atoms with Crippen LogP contribution in [0, 0.1) is 0 Å². The number of aryl methyl sites for hydroxylation is 1. The highest BCUT2D eigenvalue weighted by Crippen LogP contribution is 2.17. The van der Waals surface area contributed by atoms with Crippen molar-refractivity contribution in [2.75, 3.05) is 5.32 Å². The third kappa shape index (κ3) is 5.46. The lowest BCUT2D eigenvalue weighted by Crippen LogP contribution is -2.22. The topological polar surface area (TPSA) is 71.3 Å². The number of carbonyl (C=O) groups is 2. The lowest BCUT2D eigenvalue weighted by atomic mass is 10.1. The van der Waals surface area contributed by atoms with Gasteiger partial charge in [0.15, 0.2) is 0 Å². The van der Waals surface area contributed by atoms with Crippen LogP contribution >= 0.6 is 11.6 Å². The van der Waals surface area contributed by atoms with E-state index in [9.17, 15) is 9.59 Å². The lowest BCUT2D eigenvalue weighted by Gasteiger charge is -2.08. The van der Waals surface area contributed by atoms with Crippen molar-refractivity contribution in [3.8, 4) is 0 Å². The van der Waals surface area contributed by atoms with E-state index < -0.39 is 0 Å². The van der Waals surface area contributed by atoms with Gasteiger partial charge in [-0.05, 0) is 48.4 Å². The number of furan rings is 1. The van der Waals surface area contributed by atoms with Crippen molar-refractivity contribution in [2.45, 2.75) is 19.4 Å². The summed E-state index contributed by atoms with van der Waals surface area (Å²) in [6.45, 7) is 0.306. The minimum Gasteiger partial charge on any atom is -0.467 e. The first-order valence-electron chi connectivity index (χ1n) is 8.56. The largest absolute Gasteiger partial charge is 0.467 e. The first-order valence-corrected chi connectivity index (χ1v) is 8.93. The molecule has 3 aromatic rings. The maximum atomic E-state index is 12.2. The molecule has 0 aliphatic carbocycles. The Balaban J connectivity index is 1.54. The number of rotatable bonds is 7. The molecule has 27 heavy (non-hydrogen) atoms. The number of hydrogen-bond acceptors (Lipinski definition) is 3. The summed E-state index contributed by atoms with van der Waals surface area (Å²) in [6, 6.07) is 17.8. The van der Waals surface area contributed by atoms with Crippen molar-refractivity contribution in [3.63, 3.8) is 0 Å². The molecule has 0 saturated carbocycles. The van der Waals surface area contributed by atoms with Gasteiger partial charge in [0.2, 0.25) is 5.91 Å². The smallest absolute Gasteiger partial charge is 0.251 e. The SMILES string of the molecule is O=C(CCc1ccccc1Cl)Nc1cccc(C(=O)NCc2ccco2)c1. The molecule has 5 nitrogen and oxygen atoms in total. The van der Waals surface area contributed by atoms with Crippen LogP contribution in [0.15, 0.2) is 71.3 Å². The van der Waals surface area contributed by atoms with Gasteiger partial charge in [-0.25, -0.2) is 0 Å². The maximum Gasteiger partial charge on any atom is 0.251 e. The number of benzene rings is 2. The molecule has 6 heteroatoms. The standard InChI is InChI=1S/C21H19ClN2O3/c22-19-9-2-1-5-15(19)10-11-20(25)24-17-7-3-6-16(13-17)21(26)23-14-18-8-4-12-27-18/h1-9,12-13H,10-11,14H2,(H,23,26)(H,24,25). The third-order valence-electron chi connectivity index (χ3n) is 3.99.